The lowest BCUT2D eigenvalue weighted by Gasteiger charge is -2.15. The van der Waals surface area contributed by atoms with E-state index in [-0.39, 0.29) is 5.91 Å². The number of amides is 1. The predicted molar refractivity (Wildman–Crippen MR) is 73.7 cm³/mol. The third-order valence-electron chi connectivity index (χ3n) is 2.30. The van der Waals surface area contributed by atoms with E-state index < -0.39 is 0 Å². The molecule has 0 fully saturated rings. The largest absolute Gasteiger partial charge is 0.374 e. The Balaban J connectivity index is 2.41. The summed E-state index contributed by atoms with van der Waals surface area (Å²) in [4.78, 5) is 13.5. The molecule has 0 saturated heterocycles. The van der Waals surface area contributed by atoms with Gasteiger partial charge in [0.05, 0.1) is 6.54 Å². The van der Waals surface area contributed by atoms with Gasteiger partial charge in [-0.05, 0) is 20.4 Å². The summed E-state index contributed by atoms with van der Waals surface area (Å²) in [5.41, 5.74) is 0.896. The van der Waals surface area contributed by atoms with Crippen molar-refractivity contribution in [1.29, 1.82) is 0 Å². The third-order valence-corrected chi connectivity index (χ3v) is 3.02. The van der Waals surface area contributed by atoms with Gasteiger partial charge in [-0.1, -0.05) is 11.4 Å². The van der Waals surface area contributed by atoms with E-state index in [4.69, 9.17) is 0 Å². The molecule has 2 N–H and O–H groups in total. The Hall–Kier alpha value is -1.21. The molecule has 7 heteroatoms. The van der Waals surface area contributed by atoms with Crippen LogP contribution in [0, 0.1) is 0 Å². The van der Waals surface area contributed by atoms with Crippen molar-refractivity contribution in [2.24, 2.45) is 0 Å². The first-order valence-electron chi connectivity index (χ1n) is 6.17. The summed E-state index contributed by atoms with van der Waals surface area (Å²) in [6.45, 7) is 6.64. The van der Waals surface area contributed by atoms with Crippen molar-refractivity contribution >= 4 is 22.4 Å². The van der Waals surface area contributed by atoms with Crippen LogP contribution in [0.1, 0.15) is 26.0 Å². The molecule has 0 aromatic carbocycles. The number of hydrogen-bond donors (Lipinski definition) is 2. The minimum atomic E-state index is 0.0486. The highest BCUT2D eigenvalue weighted by Crippen LogP contribution is 2.18. The average molecular weight is 271 g/mol. The van der Waals surface area contributed by atoms with E-state index in [9.17, 15) is 4.79 Å². The highest BCUT2D eigenvalue weighted by atomic mass is 32.1. The van der Waals surface area contributed by atoms with Gasteiger partial charge in [-0.25, -0.2) is 0 Å². The number of anilines is 1. The fourth-order valence-corrected chi connectivity index (χ4v) is 2.12. The van der Waals surface area contributed by atoms with Crippen LogP contribution in [0.15, 0.2) is 0 Å². The second-order valence-electron chi connectivity index (χ2n) is 4.10. The first-order valence-corrected chi connectivity index (χ1v) is 6.95. The number of hydrogen-bond acceptors (Lipinski definition) is 6. The second kappa shape index (κ2) is 7.99. The van der Waals surface area contributed by atoms with Crippen molar-refractivity contribution < 1.29 is 4.79 Å². The van der Waals surface area contributed by atoms with E-state index in [1.807, 2.05) is 25.8 Å². The summed E-state index contributed by atoms with van der Waals surface area (Å²) >= 11 is 1.35. The minimum Gasteiger partial charge on any atom is -0.374 e. The van der Waals surface area contributed by atoms with Crippen molar-refractivity contribution in [1.82, 2.24) is 19.8 Å². The van der Waals surface area contributed by atoms with Crippen LogP contribution in [0.3, 0.4) is 0 Å². The number of carbonyl (C=O) groups excluding carboxylic acids is 1. The van der Waals surface area contributed by atoms with Crippen molar-refractivity contribution in [3.8, 4) is 0 Å². The molecule has 1 rings (SSSR count). The summed E-state index contributed by atoms with van der Waals surface area (Å²) in [5.74, 6) is 0.0486. The molecule has 0 aliphatic heterocycles. The third kappa shape index (κ3) is 4.97. The molecule has 0 spiro atoms. The lowest BCUT2D eigenvalue weighted by Crippen LogP contribution is -2.35. The molecule has 1 aromatic rings. The fraction of sp³-hybridized carbons (Fsp3) is 0.727. The molecular formula is C11H21N5OS. The predicted octanol–water partition coefficient (Wildman–Crippen LogP) is 0.928. The van der Waals surface area contributed by atoms with Crippen LogP contribution in [-0.4, -0.2) is 47.1 Å². The molecule has 102 valence electrons. The summed E-state index contributed by atoms with van der Waals surface area (Å²) in [6, 6.07) is 0. The van der Waals surface area contributed by atoms with Gasteiger partial charge in [-0.3, -0.25) is 9.69 Å². The summed E-state index contributed by atoms with van der Waals surface area (Å²) in [5, 5.41) is 11.1. The van der Waals surface area contributed by atoms with Crippen LogP contribution >= 0.6 is 11.5 Å². The summed E-state index contributed by atoms with van der Waals surface area (Å²) in [7, 11) is 1.90. The van der Waals surface area contributed by atoms with Gasteiger partial charge in [0.2, 0.25) is 5.91 Å². The Kier molecular flexibility index (Phi) is 6.59. The Bertz CT molecular complexity index is 368. The first-order chi connectivity index (χ1) is 8.67. The van der Waals surface area contributed by atoms with Gasteiger partial charge in [0.1, 0.15) is 10.7 Å². The molecule has 6 nitrogen and oxygen atoms in total. The average Bonchev–Trinajstić information content (AvgIpc) is 2.74. The number of carbonyl (C=O) groups is 1. The lowest BCUT2D eigenvalue weighted by molar-refractivity contribution is -0.122. The second-order valence-corrected chi connectivity index (χ2v) is 4.86. The number of rotatable bonds is 8. The van der Waals surface area contributed by atoms with Crippen LogP contribution in [0.25, 0.3) is 0 Å². The van der Waals surface area contributed by atoms with Crippen LogP contribution in [0.4, 0.5) is 5.00 Å². The monoisotopic (exact) mass is 271 g/mol. The molecule has 1 amide bonds. The molecule has 0 radical (unpaired) electrons. The normalized spacial score (nSPS) is 10.7. The number of aromatic nitrogens is 2. The van der Waals surface area contributed by atoms with E-state index in [0.29, 0.717) is 13.1 Å². The molecule has 0 unspecified atom stereocenters. The standard InChI is InChI=1S/C11H21N5OS/c1-4-6-13-10(17)8-16(3)7-9-11(12-5-2)18-15-14-9/h12H,4-8H2,1-3H3,(H,13,17). The molecule has 1 heterocycles. The zero-order valence-corrected chi connectivity index (χ0v) is 12.0. The minimum absolute atomic E-state index is 0.0486. The summed E-state index contributed by atoms with van der Waals surface area (Å²) < 4.78 is 3.92. The number of likely N-dealkylation sites (N-methyl/N-ethyl adjacent to an activating group) is 1. The number of nitrogens with zero attached hydrogens (tertiary/aromatic N) is 3. The lowest BCUT2D eigenvalue weighted by atomic mass is 10.4. The topological polar surface area (TPSA) is 70.2 Å². The molecule has 0 atom stereocenters. The Morgan fingerprint density at radius 2 is 2.22 bits per heavy atom. The molecule has 18 heavy (non-hydrogen) atoms. The Morgan fingerprint density at radius 3 is 2.89 bits per heavy atom. The molecule has 0 bridgehead atoms. The zero-order valence-electron chi connectivity index (χ0n) is 11.2. The molecule has 1 aromatic heterocycles. The first kappa shape index (κ1) is 14.8. The van der Waals surface area contributed by atoms with Crippen LogP contribution < -0.4 is 10.6 Å². The van der Waals surface area contributed by atoms with E-state index in [2.05, 4.69) is 20.2 Å². The van der Waals surface area contributed by atoms with Gasteiger partial charge < -0.3 is 10.6 Å². The van der Waals surface area contributed by atoms with E-state index in [0.717, 1.165) is 30.2 Å². The van der Waals surface area contributed by atoms with E-state index in [1.54, 1.807) is 0 Å². The van der Waals surface area contributed by atoms with Crippen molar-refractivity contribution in [3.05, 3.63) is 5.69 Å². The maximum atomic E-state index is 11.5. The Morgan fingerprint density at radius 1 is 1.44 bits per heavy atom. The van der Waals surface area contributed by atoms with Gasteiger partial charge in [0.25, 0.3) is 0 Å². The van der Waals surface area contributed by atoms with Crippen molar-refractivity contribution in [2.45, 2.75) is 26.8 Å². The molecule has 0 saturated carbocycles. The van der Waals surface area contributed by atoms with Crippen molar-refractivity contribution in [3.63, 3.8) is 0 Å². The number of nitrogens with one attached hydrogen (secondary N) is 2. The highest BCUT2D eigenvalue weighted by molar-refractivity contribution is 7.10. The van der Waals surface area contributed by atoms with Crippen LogP contribution in [0.2, 0.25) is 0 Å². The quantitative estimate of drug-likeness (QED) is 0.736. The highest BCUT2D eigenvalue weighted by Gasteiger charge is 2.12. The fourth-order valence-electron chi connectivity index (χ4n) is 1.48. The maximum absolute atomic E-state index is 11.5. The Labute approximate surface area is 112 Å². The van der Waals surface area contributed by atoms with Gasteiger partial charge in [-0.15, -0.1) is 5.10 Å². The maximum Gasteiger partial charge on any atom is 0.234 e. The van der Waals surface area contributed by atoms with Gasteiger partial charge in [0.15, 0.2) is 0 Å². The van der Waals surface area contributed by atoms with Crippen LogP contribution in [0.5, 0.6) is 0 Å². The van der Waals surface area contributed by atoms with Gasteiger partial charge in [0, 0.05) is 31.2 Å². The SMILES string of the molecule is CCCNC(=O)CN(C)Cc1nnsc1NCC. The van der Waals surface area contributed by atoms with Crippen molar-refractivity contribution in [2.75, 3.05) is 32.0 Å². The smallest absolute Gasteiger partial charge is 0.234 e. The summed E-state index contributed by atoms with van der Waals surface area (Å²) in [6.07, 6.45) is 0.954. The molecule has 0 aliphatic rings. The zero-order chi connectivity index (χ0) is 13.4. The molecule has 0 aliphatic carbocycles. The molecular weight excluding hydrogens is 250 g/mol. The van der Waals surface area contributed by atoms with Gasteiger partial charge in [-0.2, -0.15) is 0 Å². The van der Waals surface area contributed by atoms with Gasteiger partial charge >= 0.3 is 0 Å². The van der Waals surface area contributed by atoms with Crippen LogP contribution in [-0.2, 0) is 11.3 Å². The van der Waals surface area contributed by atoms with E-state index >= 15 is 0 Å². The van der Waals surface area contributed by atoms with E-state index in [1.165, 1.54) is 11.5 Å².